The van der Waals surface area contributed by atoms with Gasteiger partial charge in [0.25, 0.3) is 10.1 Å². The van der Waals surface area contributed by atoms with E-state index in [1.807, 2.05) is 0 Å². The largest absolute Gasteiger partial charge is 0.294 e. The van der Waals surface area contributed by atoms with Gasteiger partial charge >= 0.3 is 0 Å². The van der Waals surface area contributed by atoms with Crippen LogP contribution in [-0.2, 0) is 10.1 Å². The van der Waals surface area contributed by atoms with Crippen LogP contribution in [0.3, 0.4) is 0 Å². The summed E-state index contributed by atoms with van der Waals surface area (Å²) in [6.45, 7) is 7.12. The minimum atomic E-state index is -4.24. The molecule has 0 amide bonds. The topological polar surface area (TPSA) is 67.3 Å². The minimum Gasteiger partial charge on any atom is -0.282 e. The van der Waals surface area contributed by atoms with E-state index in [0.717, 1.165) is 27.6 Å². The summed E-state index contributed by atoms with van der Waals surface area (Å²) in [4.78, 5) is 5.19. The summed E-state index contributed by atoms with van der Waals surface area (Å²) in [5.41, 5.74) is 1.27. The molecule has 3 atom stereocenters. The first kappa shape index (κ1) is 16.8. The van der Waals surface area contributed by atoms with Gasteiger partial charge in [0.2, 0.25) is 0 Å². The lowest BCUT2D eigenvalue weighted by molar-refractivity contribution is 0.134. The average Bonchev–Trinajstić information content (AvgIpc) is 3.04. The van der Waals surface area contributed by atoms with Gasteiger partial charge in [-0.1, -0.05) is 20.8 Å². The van der Waals surface area contributed by atoms with Crippen molar-refractivity contribution >= 4 is 44.3 Å². The van der Waals surface area contributed by atoms with Crippen molar-refractivity contribution in [3.05, 3.63) is 17.1 Å². The molecule has 2 fully saturated rings. The minimum absolute atomic E-state index is 0.116. The highest BCUT2D eigenvalue weighted by atomic mass is 32.2. The first-order valence-electron chi connectivity index (χ1n) is 8.15. The molecule has 1 aromatic carbocycles. The van der Waals surface area contributed by atoms with Gasteiger partial charge < -0.3 is 0 Å². The second-order valence-corrected chi connectivity index (χ2v) is 10.9. The van der Waals surface area contributed by atoms with Crippen LogP contribution in [0.4, 0.5) is 0 Å². The molecule has 4 nitrogen and oxygen atoms in total. The summed E-state index contributed by atoms with van der Waals surface area (Å²) in [7, 11) is -4.24. The first-order valence-corrected chi connectivity index (χ1v) is 10.9. The summed E-state index contributed by atoms with van der Waals surface area (Å²) in [6, 6.07) is 2.88. The maximum atomic E-state index is 11.4. The van der Waals surface area contributed by atoms with Crippen LogP contribution in [0.5, 0.6) is 0 Å². The van der Waals surface area contributed by atoms with Gasteiger partial charge in [-0.05, 0) is 48.1 Å². The molecule has 7 heteroatoms. The summed E-state index contributed by atoms with van der Waals surface area (Å²) < 4.78 is 33.0. The Bertz CT molecular complexity index is 947. The maximum absolute atomic E-state index is 11.4. The monoisotopic (exact) mass is 383 g/mol. The lowest BCUT2D eigenvalue weighted by atomic mass is 9.67. The average molecular weight is 384 g/mol. The Morgan fingerprint density at radius 1 is 1.33 bits per heavy atom. The highest BCUT2D eigenvalue weighted by molar-refractivity contribution is 7.86. The Balaban J connectivity index is 1.84. The summed E-state index contributed by atoms with van der Waals surface area (Å²) in [6.07, 6.45) is 3.65. The van der Waals surface area contributed by atoms with Gasteiger partial charge in [0.1, 0.15) is 0 Å². The number of hydrogen-bond acceptors (Lipinski definition) is 5. The highest BCUT2D eigenvalue weighted by Gasteiger charge is 2.62. The van der Waals surface area contributed by atoms with Gasteiger partial charge in [-0.15, -0.1) is 24.0 Å². The lowest BCUT2D eigenvalue weighted by Crippen LogP contribution is -2.31. The first-order chi connectivity index (χ1) is 11.0. The van der Waals surface area contributed by atoms with Gasteiger partial charge in [0, 0.05) is 10.8 Å². The van der Waals surface area contributed by atoms with Crippen molar-refractivity contribution in [1.29, 1.82) is 0 Å². The second-order valence-electron chi connectivity index (χ2n) is 7.98. The number of fused-ring (bicyclic) bond motifs is 3. The molecular weight excluding hydrogens is 362 g/mol. The normalized spacial score (nSPS) is 31.9. The molecule has 3 unspecified atom stereocenters. The molecule has 1 N–H and O–H groups in total. The fourth-order valence-electron chi connectivity index (χ4n) is 4.88. The van der Waals surface area contributed by atoms with E-state index in [1.165, 1.54) is 25.0 Å². The van der Waals surface area contributed by atoms with Crippen LogP contribution in [0.25, 0.3) is 10.2 Å². The van der Waals surface area contributed by atoms with Gasteiger partial charge in [0.05, 0.1) is 20.1 Å². The predicted octanol–water partition coefficient (Wildman–Crippen LogP) is 4.76. The maximum Gasteiger partial charge on any atom is 0.294 e. The zero-order chi connectivity index (χ0) is 17.5. The van der Waals surface area contributed by atoms with E-state index in [1.54, 1.807) is 11.3 Å². The van der Waals surface area contributed by atoms with Crippen LogP contribution in [-0.4, -0.2) is 18.0 Å². The molecular formula is C17H21NO3S3. The second kappa shape index (κ2) is 4.96. The van der Waals surface area contributed by atoms with Crippen molar-refractivity contribution < 1.29 is 13.0 Å². The van der Waals surface area contributed by atoms with Crippen molar-refractivity contribution in [2.24, 2.45) is 16.7 Å². The van der Waals surface area contributed by atoms with Crippen LogP contribution in [0, 0.1) is 16.7 Å². The molecule has 2 saturated carbocycles. The Labute approximate surface area is 151 Å². The highest BCUT2D eigenvalue weighted by Crippen LogP contribution is 2.71. The van der Waals surface area contributed by atoms with Crippen molar-refractivity contribution in [3.8, 4) is 0 Å². The van der Waals surface area contributed by atoms with Crippen molar-refractivity contribution in [1.82, 2.24) is 4.98 Å². The summed E-state index contributed by atoms with van der Waals surface area (Å²) in [5, 5.41) is 1.07. The Hall–Kier alpha value is -0.630. The molecule has 0 radical (unpaired) electrons. The molecule has 4 rings (SSSR count). The van der Waals surface area contributed by atoms with Crippen LogP contribution in [0.1, 0.15) is 51.0 Å². The number of nitrogens with zero attached hydrogens (tertiary/aromatic N) is 1. The van der Waals surface area contributed by atoms with Crippen LogP contribution in [0.2, 0.25) is 0 Å². The molecule has 0 saturated heterocycles. The predicted molar refractivity (Wildman–Crippen MR) is 98.7 cm³/mol. The third kappa shape index (κ3) is 2.14. The molecule has 2 bridgehead atoms. The number of thiol groups is 1. The molecule has 1 heterocycles. The number of thiazole rings is 1. The molecule has 0 spiro atoms. The summed E-state index contributed by atoms with van der Waals surface area (Å²) >= 11 is 5.93. The molecule has 2 aliphatic rings. The third-order valence-electron chi connectivity index (χ3n) is 6.85. The van der Waals surface area contributed by atoms with Crippen molar-refractivity contribution in [3.63, 3.8) is 0 Å². The zero-order valence-corrected chi connectivity index (χ0v) is 16.4. The molecule has 0 aliphatic heterocycles. The smallest absolute Gasteiger partial charge is 0.282 e. The Morgan fingerprint density at radius 2 is 2.04 bits per heavy atom. The van der Waals surface area contributed by atoms with Crippen LogP contribution in [0.15, 0.2) is 21.9 Å². The fraction of sp³-hybridized carbons (Fsp3) is 0.588. The van der Waals surface area contributed by atoms with Crippen LogP contribution < -0.4 is 0 Å². The lowest BCUT2D eigenvalue weighted by Gasteiger charge is -2.38. The number of hydrogen-bond donors (Lipinski definition) is 2. The number of rotatable bonds is 2. The molecule has 2 aliphatic carbocycles. The molecule has 2 aromatic rings. The number of aromatic nitrogens is 1. The van der Waals surface area contributed by atoms with Gasteiger partial charge in [-0.3, -0.25) is 4.55 Å². The van der Waals surface area contributed by atoms with Crippen molar-refractivity contribution in [2.75, 3.05) is 0 Å². The van der Waals surface area contributed by atoms with E-state index >= 15 is 0 Å². The Morgan fingerprint density at radius 3 is 2.58 bits per heavy atom. The molecule has 130 valence electrons. The van der Waals surface area contributed by atoms with Gasteiger partial charge in [0.15, 0.2) is 0 Å². The quantitative estimate of drug-likeness (QED) is 0.579. The van der Waals surface area contributed by atoms with E-state index in [0.29, 0.717) is 16.2 Å². The Kier molecular flexibility index (Phi) is 3.48. The van der Waals surface area contributed by atoms with E-state index in [-0.39, 0.29) is 10.3 Å². The van der Waals surface area contributed by atoms with Gasteiger partial charge in [-0.2, -0.15) is 8.42 Å². The van der Waals surface area contributed by atoms with E-state index in [4.69, 9.17) is 4.98 Å². The number of benzene rings is 1. The third-order valence-corrected chi connectivity index (χ3v) is 9.14. The fourth-order valence-corrected chi connectivity index (χ4v) is 7.26. The van der Waals surface area contributed by atoms with Gasteiger partial charge in [-0.25, -0.2) is 4.98 Å². The zero-order valence-electron chi connectivity index (χ0n) is 13.9. The standard InChI is InChI=1S/C17H21NO3S3/c1-16(2)9-4-5-17(16,3)11(6-9)15-18-14-12(22)7-10(24(19,20)21)8-13(14)23-15/h7-9,11,22H,4-6H2,1-3H3,(H,19,20,21). The molecule has 24 heavy (non-hydrogen) atoms. The van der Waals surface area contributed by atoms with Crippen LogP contribution >= 0.6 is 24.0 Å². The SMILES string of the molecule is CC1(C)C2CCC1(C)C(c1nc3c(S)cc(S(=O)(=O)O)cc3s1)C2. The summed E-state index contributed by atoms with van der Waals surface area (Å²) in [5.74, 6) is 1.13. The van der Waals surface area contributed by atoms with Crippen molar-refractivity contribution in [2.45, 2.75) is 55.7 Å². The van der Waals surface area contributed by atoms with E-state index in [2.05, 4.69) is 33.4 Å². The van der Waals surface area contributed by atoms with E-state index < -0.39 is 10.1 Å². The van der Waals surface area contributed by atoms with E-state index in [9.17, 15) is 13.0 Å². The molecule has 1 aromatic heterocycles.